The number of ether oxygens (including phenoxy) is 1. The molecule has 176 valence electrons. The van der Waals surface area contributed by atoms with Gasteiger partial charge in [-0.3, -0.25) is 10.0 Å². The molecular formula is C26H29N5O3. The molecule has 34 heavy (non-hydrogen) atoms. The Kier molecular flexibility index (Phi) is 6.00. The summed E-state index contributed by atoms with van der Waals surface area (Å²) >= 11 is 0. The summed E-state index contributed by atoms with van der Waals surface area (Å²) in [6.45, 7) is 4.06. The third kappa shape index (κ3) is 4.02. The van der Waals surface area contributed by atoms with Crippen molar-refractivity contribution >= 4 is 17.6 Å². The van der Waals surface area contributed by atoms with Crippen molar-refractivity contribution in [3.63, 3.8) is 0 Å². The molecule has 0 saturated heterocycles. The van der Waals surface area contributed by atoms with Gasteiger partial charge in [-0.05, 0) is 43.2 Å². The standard InChI is InChI=1S/C26H29N5O3/c1-3-30-17-21-20(26(32)29(2)23-9-6-12-27-25(23)30)15-18(16-28-21)11-14-34-24-10-13-31(33)22-8-5-4-7-19(22)24/h4-10,13,15-17,24,27-28,33H,3,11-12,14H2,1-2H3. The Morgan fingerprint density at radius 3 is 2.97 bits per heavy atom. The van der Waals surface area contributed by atoms with Crippen molar-refractivity contribution in [2.24, 2.45) is 7.05 Å². The van der Waals surface area contributed by atoms with Gasteiger partial charge in [0.25, 0.3) is 5.56 Å². The highest BCUT2D eigenvalue weighted by atomic mass is 16.5. The van der Waals surface area contributed by atoms with Crippen molar-refractivity contribution in [1.82, 2.24) is 14.1 Å². The molecule has 4 aliphatic rings. The minimum absolute atomic E-state index is 0.0611. The van der Waals surface area contributed by atoms with Crippen LogP contribution in [0.15, 0.2) is 65.9 Å². The van der Waals surface area contributed by atoms with Crippen molar-refractivity contribution in [3.8, 4) is 11.3 Å². The van der Waals surface area contributed by atoms with Crippen LogP contribution >= 0.6 is 0 Å². The summed E-state index contributed by atoms with van der Waals surface area (Å²) in [5, 5.41) is 14.5. The average Bonchev–Trinajstić information content (AvgIpc) is 2.88. The third-order valence-electron chi connectivity index (χ3n) is 6.33. The fourth-order valence-electron chi connectivity index (χ4n) is 4.49. The van der Waals surface area contributed by atoms with Crippen LogP contribution in [0.3, 0.4) is 0 Å². The van der Waals surface area contributed by atoms with Crippen LogP contribution in [0.1, 0.15) is 29.8 Å². The molecule has 1 aromatic carbocycles. The lowest BCUT2D eigenvalue weighted by Gasteiger charge is -2.26. The average molecular weight is 460 g/mol. The second-order valence-corrected chi connectivity index (χ2v) is 8.42. The van der Waals surface area contributed by atoms with Gasteiger partial charge in [0.05, 0.1) is 29.2 Å². The molecule has 0 aromatic heterocycles. The number of nitrogens with zero attached hydrogens (tertiary/aromatic N) is 3. The highest BCUT2D eigenvalue weighted by Gasteiger charge is 2.20. The van der Waals surface area contributed by atoms with E-state index < -0.39 is 0 Å². The predicted octanol–water partition coefficient (Wildman–Crippen LogP) is 4.23. The zero-order chi connectivity index (χ0) is 23.7. The lowest BCUT2D eigenvalue weighted by Crippen LogP contribution is -2.25. The Morgan fingerprint density at radius 2 is 2.12 bits per heavy atom. The topological polar surface area (TPSA) is 87.5 Å². The summed E-state index contributed by atoms with van der Waals surface area (Å²) in [5.74, 6) is 0.930. The van der Waals surface area contributed by atoms with E-state index in [-0.39, 0.29) is 11.7 Å². The van der Waals surface area contributed by atoms with Crippen molar-refractivity contribution in [2.75, 3.05) is 23.5 Å². The first-order chi connectivity index (χ1) is 16.6. The highest BCUT2D eigenvalue weighted by molar-refractivity contribution is 5.66. The minimum atomic E-state index is -0.233. The van der Waals surface area contributed by atoms with Crippen molar-refractivity contribution in [3.05, 3.63) is 88.3 Å². The number of aromatic nitrogens is 3. The normalized spacial score (nSPS) is 16.2. The molecule has 8 nitrogen and oxygen atoms in total. The fraction of sp³-hybridized carbons (Fsp3) is 0.269. The Labute approximate surface area is 198 Å². The second kappa shape index (κ2) is 9.24. The summed E-state index contributed by atoms with van der Waals surface area (Å²) in [4.78, 5) is 16.7. The lowest BCUT2D eigenvalue weighted by molar-refractivity contribution is 0.0847. The molecule has 0 aliphatic carbocycles. The molecule has 5 rings (SSSR count). The summed E-state index contributed by atoms with van der Waals surface area (Å²) < 4.78 is 9.95. The van der Waals surface area contributed by atoms with Crippen LogP contribution in [0.2, 0.25) is 0 Å². The molecule has 8 heteroatoms. The first-order valence-electron chi connectivity index (χ1n) is 11.5. The van der Waals surface area contributed by atoms with E-state index in [2.05, 4.69) is 21.8 Å². The number of hydrogen-bond donors (Lipinski definition) is 3. The molecule has 0 spiro atoms. The van der Waals surface area contributed by atoms with Gasteiger partial charge in [0.15, 0.2) is 0 Å². The molecular weight excluding hydrogens is 430 g/mol. The van der Waals surface area contributed by atoms with Gasteiger partial charge in [-0.15, -0.1) is 0 Å². The largest absolute Gasteiger partial charge is 0.369 e. The number of benzene rings is 1. The van der Waals surface area contributed by atoms with E-state index in [0.717, 1.165) is 46.5 Å². The van der Waals surface area contributed by atoms with Crippen LogP contribution in [0, 0.1) is 0 Å². The molecule has 4 aliphatic heterocycles. The Bertz CT molecular complexity index is 1340. The van der Waals surface area contributed by atoms with Gasteiger partial charge < -0.3 is 24.2 Å². The van der Waals surface area contributed by atoms with Gasteiger partial charge in [0.1, 0.15) is 11.9 Å². The van der Waals surface area contributed by atoms with Gasteiger partial charge in [-0.1, -0.05) is 24.3 Å². The molecule has 1 atom stereocenters. The number of para-hydroxylation sites is 1. The molecule has 0 bridgehead atoms. The van der Waals surface area contributed by atoms with Crippen molar-refractivity contribution < 1.29 is 9.94 Å². The molecule has 1 aromatic rings. The summed E-state index contributed by atoms with van der Waals surface area (Å²) in [5.41, 5.74) is 4.82. The molecule has 0 fully saturated rings. The SMILES string of the molecule is CCn1cc2[nH]cc(CCOC3C=CN(O)c4ccccc43)cc-2c(=O)n(C)c2c1NCC=C2. The highest BCUT2D eigenvalue weighted by Crippen LogP contribution is 2.33. The third-order valence-corrected chi connectivity index (χ3v) is 6.33. The van der Waals surface area contributed by atoms with Crippen molar-refractivity contribution in [2.45, 2.75) is 26.0 Å². The first kappa shape index (κ1) is 22.1. The van der Waals surface area contributed by atoms with E-state index in [4.69, 9.17) is 4.74 Å². The number of H-pyrrole nitrogens is 1. The van der Waals surface area contributed by atoms with Crippen LogP contribution in [0.5, 0.6) is 0 Å². The summed E-state index contributed by atoms with van der Waals surface area (Å²) in [7, 11) is 1.81. The van der Waals surface area contributed by atoms with Gasteiger partial charge in [-0.2, -0.15) is 0 Å². The van der Waals surface area contributed by atoms with Crippen LogP contribution in [0.4, 0.5) is 11.5 Å². The van der Waals surface area contributed by atoms with E-state index in [1.165, 1.54) is 0 Å². The summed E-state index contributed by atoms with van der Waals surface area (Å²) in [6.07, 6.45) is 11.8. The lowest BCUT2D eigenvalue weighted by atomic mass is 10.0. The maximum atomic E-state index is 13.4. The minimum Gasteiger partial charge on any atom is -0.369 e. The predicted molar refractivity (Wildman–Crippen MR) is 134 cm³/mol. The fourth-order valence-corrected chi connectivity index (χ4v) is 4.49. The van der Waals surface area contributed by atoms with E-state index in [1.807, 2.05) is 68.0 Å². The molecule has 0 saturated carbocycles. The Morgan fingerprint density at radius 1 is 1.26 bits per heavy atom. The van der Waals surface area contributed by atoms with Gasteiger partial charge in [-0.25, -0.2) is 5.06 Å². The molecule has 0 amide bonds. The van der Waals surface area contributed by atoms with Gasteiger partial charge >= 0.3 is 0 Å². The van der Waals surface area contributed by atoms with E-state index >= 15 is 0 Å². The number of aromatic amines is 1. The smallest absolute Gasteiger partial charge is 0.260 e. The molecule has 4 heterocycles. The number of anilines is 2. The zero-order valence-corrected chi connectivity index (χ0v) is 19.4. The maximum Gasteiger partial charge on any atom is 0.260 e. The van der Waals surface area contributed by atoms with Crippen LogP contribution in [-0.2, 0) is 24.8 Å². The first-order valence-corrected chi connectivity index (χ1v) is 11.5. The number of fused-ring (bicyclic) bond motifs is 3. The van der Waals surface area contributed by atoms with Crippen LogP contribution in [-0.4, -0.2) is 32.5 Å². The maximum absolute atomic E-state index is 13.4. The van der Waals surface area contributed by atoms with Gasteiger partial charge in [0, 0.05) is 44.3 Å². The second-order valence-electron chi connectivity index (χ2n) is 8.42. The monoisotopic (exact) mass is 459 g/mol. The number of pyridine rings is 1. The number of nitrogens with one attached hydrogen (secondary N) is 2. The quantitative estimate of drug-likeness (QED) is 0.532. The Balaban J connectivity index is 1.44. The molecule has 1 unspecified atom stereocenters. The number of hydrogen-bond acceptors (Lipinski definition) is 5. The Hall–Kier alpha value is -3.75. The number of aryl methyl sites for hydroxylation is 1. The van der Waals surface area contributed by atoms with E-state index in [9.17, 15) is 10.0 Å². The van der Waals surface area contributed by atoms with E-state index in [0.29, 0.717) is 24.3 Å². The number of rotatable bonds is 5. The number of hydroxylamine groups is 1. The van der Waals surface area contributed by atoms with Gasteiger partial charge in [0.2, 0.25) is 0 Å². The molecule has 3 N–H and O–H groups in total. The zero-order valence-electron chi connectivity index (χ0n) is 19.4. The van der Waals surface area contributed by atoms with E-state index in [1.54, 1.807) is 10.8 Å². The van der Waals surface area contributed by atoms with Crippen LogP contribution in [0.25, 0.3) is 17.3 Å². The van der Waals surface area contributed by atoms with Crippen molar-refractivity contribution in [1.29, 1.82) is 0 Å². The summed E-state index contributed by atoms with van der Waals surface area (Å²) in [6, 6.07) is 9.57. The molecule has 0 radical (unpaired) electrons. The van der Waals surface area contributed by atoms with Crippen LogP contribution < -0.4 is 15.9 Å².